The number of thioether (sulfide) groups is 1. The third kappa shape index (κ3) is 4.62. The van der Waals surface area contributed by atoms with Crippen LogP contribution in [0.1, 0.15) is 5.56 Å². The molecule has 2 heterocycles. The van der Waals surface area contributed by atoms with Crippen molar-refractivity contribution in [1.29, 1.82) is 0 Å². The third-order valence-electron chi connectivity index (χ3n) is 5.24. The molecule has 0 radical (unpaired) electrons. The zero-order valence-electron chi connectivity index (χ0n) is 18.3. The fraction of sp³-hybridized carbons (Fsp3) is 0.125. The Morgan fingerprint density at radius 3 is 2.71 bits per heavy atom. The maximum Gasteiger partial charge on any atom is 0.235 e. The Bertz CT molecular complexity index is 1420. The van der Waals surface area contributed by atoms with Crippen LogP contribution >= 0.6 is 11.8 Å². The lowest BCUT2D eigenvalue weighted by Gasteiger charge is -2.10. The van der Waals surface area contributed by atoms with Crippen molar-refractivity contribution >= 4 is 34.3 Å². The highest BCUT2D eigenvalue weighted by Gasteiger charge is 2.15. The summed E-state index contributed by atoms with van der Waals surface area (Å²) < 4.78 is 8.60. The fourth-order valence-corrected chi connectivity index (χ4v) is 4.27. The number of amides is 1. The van der Waals surface area contributed by atoms with Crippen molar-refractivity contribution in [2.75, 3.05) is 18.2 Å². The van der Waals surface area contributed by atoms with Crippen molar-refractivity contribution in [3.63, 3.8) is 0 Å². The Morgan fingerprint density at radius 1 is 1.03 bits per heavy atom. The summed E-state index contributed by atoms with van der Waals surface area (Å²) in [6, 6.07) is 23.5. The summed E-state index contributed by atoms with van der Waals surface area (Å²) in [4.78, 5) is 12.7. The Morgan fingerprint density at radius 2 is 1.85 bits per heavy atom. The number of anilines is 1. The van der Waals surface area contributed by atoms with Gasteiger partial charge in [0.15, 0.2) is 0 Å². The summed E-state index contributed by atoms with van der Waals surface area (Å²) >= 11 is 1.27. The number of hydrogen-bond donors (Lipinski definition) is 1. The van der Waals surface area contributed by atoms with E-state index in [0.29, 0.717) is 17.5 Å². The number of nitrogens with zero attached hydrogens (tertiary/aromatic N) is 6. The van der Waals surface area contributed by atoms with Crippen LogP contribution in [0, 0.1) is 0 Å². The van der Waals surface area contributed by atoms with Gasteiger partial charge in [-0.15, -0.1) is 5.10 Å². The summed E-state index contributed by atoms with van der Waals surface area (Å²) in [5.41, 5.74) is 1.91. The Labute approximate surface area is 199 Å². The van der Waals surface area contributed by atoms with Crippen molar-refractivity contribution in [2.45, 2.75) is 11.7 Å². The molecule has 10 heteroatoms. The van der Waals surface area contributed by atoms with Crippen LogP contribution in [0.3, 0.4) is 0 Å². The average molecular weight is 472 g/mol. The Hall–Kier alpha value is -4.18. The van der Waals surface area contributed by atoms with Gasteiger partial charge in [-0.05, 0) is 39.6 Å². The molecule has 9 nitrogen and oxygen atoms in total. The molecule has 0 saturated carbocycles. The molecule has 170 valence electrons. The number of methoxy groups -OCH3 is 1. The number of rotatable bonds is 8. The molecule has 0 unspecified atom stereocenters. The summed E-state index contributed by atoms with van der Waals surface area (Å²) in [5.74, 6) is 1.39. The minimum absolute atomic E-state index is 0.152. The van der Waals surface area contributed by atoms with Crippen LogP contribution < -0.4 is 10.1 Å². The van der Waals surface area contributed by atoms with E-state index in [1.165, 1.54) is 11.8 Å². The van der Waals surface area contributed by atoms with Gasteiger partial charge in [0.1, 0.15) is 11.6 Å². The molecule has 5 rings (SSSR count). The lowest BCUT2D eigenvalue weighted by molar-refractivity contribution is -0.113. The van der Waals surface area contributed by atoms with Crippen molar-refractivity contribution in [3.8, 4) is 11.4 Å². The molecule has 0 aliphatic rings. The Balaban J connectivity index is 1.25. The third-order valence-corrected chi connectivity index (χ3v) is 6.16. The minimum Gasteiger partial charge on any atom is -0.497 e. The number of aromatic nitrogens is 6. The SMILES string of the molecule is COc1ccc(Cn2nccc2NC(=O)CSc2nnnn2-c2cccc3ccccc23)cc1. The smallest absolute Gasteiger partial charge is 0.235 e. The van der Waals surface area contributed by atoms with Gasteiger partial charge in [0.05, 0.1) is 31.3 Å². The highest BCUT2D eigenvalue weighted by atomic mass is 32.2. The topological polar surface area (TPSA) is 99.8 Å². The normalized spacial score (nSPS) is 11.0. The zero-order valence-corrected chi connectivity index (χ0v) is 19.1. The van der Waals surface area contributed by atoms with Crippen LogP contribution in [-0.4, -0.2) is 48.8 Å². The van der Waals surface area contributed by atoms with E-state index in [-0.39, 0.29) is 11.7 Å². The van der Waals surface area contributed by atoms with E-state index in [9.17, 15) is 4.79 Å². The summed E-state index contributed by atoms with van der Waals surface area (Å²) in [7, 11) is 1.63. The molecule has 0 aliphatic carbocycles. The fourth-order valence-electron chi connectivity index (χ4n) is 3.59. The monoisotopic (exact) mass is 471 g/mol. The second-order valence-electron chi connectivity index (χ2n) is 7.43. The highest BCUT2D eigenvalue weighted by Crippen LogP contribution is 2.25. The maximum absolute atomic E-state index is 12.7. The van der Waals surface area contributed by atoms with Gasteiger partial charge in [-0.2, -0.15) is 9.78 Å². The van der Waals surface area contributed by atoms with E-state index in [1.54, 1.807) is 28.7 Å². The van der Waals surface area contributed by atoms with Crippen molar-refractivity contribution in [3.05, 3.63) is 84.6 Å². The number of benzene rings is 3. The molecule has 1 N–H and O–H groups in total. The molecular weight excluding hydrogens is 450 g/mol. The molecule has 3 aromatic carbocycles. The summed E-state index contributed by atoms with van der Waals surface area (Å²) in [5, 5.41) is 22.0. The predicted octanol–water partition coefficient (Wildman–Crippen LogP) is 3.80. The van der Waals surface area contributed by atoms with Gasteiger partial charge in [0.25, 0.3) is 0 Å². The maximum atomic E-state index is 12.7. The van der Waals surface area contributed by atoms with Gasteiger partial charge < -0.3 is 10.1 Å². The van der Waals surface area contributed by atoms with E-state index in [1.807, 2.05) is 66.7 Å². The first-order valence-corrected chi connectivity index (χ1v) is 11.5. The largest absolute Gasteiger partial charge is 0.497 e. The van der Waals surface area contributed by atoms with Crippen molar-refractivity contribution in [1.82, 2.24) is 30.0 Å². The summed E-state index contributed by atoms with van der Waals surface area (Å²) in [6.07, 6.45) is 1.66. The van der Waals surface area contributed by atoms with Crippen LogP contribution in [0.25, 0.3) is 16.5 Å². The Kier molecular flexibility index (Phi) is 6.21. The molecule has 1 amide bonds. The molecule has 0 atom stereocenters. The first-order chi connectivity index (χ1) is 16.7. The van der Waals surface area contributed by atoms with E-state index >= 15 is 0 Å². The van der Waals surface area contributed by atoms with Gasteiger partial charge in [0.2, 0.25) is 11.1 Å². The van der Waals surface area contributed by atoms with Gasteiger partial charge in [-0.3, -0.25) is 4.79 Å². The van der Waals surface area contributed by atoms with E-state index in [0.717, 1.165) is 27.8 Å². The standard InChI is InChI=1S/C24H21N7O2S/c1-33-19-11-9-17(10-12-19)15-30-22(13-14-25-30)26-23(32)16-34-24-27-28-29-31(24)21-8-4-6-18-5-2-3-7-20(18)21/h2-14H,15-16H2,1H3,(H,26,32). The van der Waals surface area contributed by atoms with E-state index in [2.05, 4.69) is 25.9 Å². The second-order valence-corrected chi connectivity index (χ2v) is 8.37. The van der Waals surface area contributed by atoms with Crippen LogP contribution in [-0.2, 0) is 11.3 Å². The van der Waals surface area contributed by atoms with Crippen LogP contribution in [0.5, 0.6) is 5.75 Å². The van der Waals surface area contributed by atoms with Crippen molar-refractivity contribution in [2.24, 2.45) is 0 Å². The number of carbonyl (C=O) groups excluding carboxylic acids is 1. The quantitative estimate of drug-likeness (QED) is 0.344. The number of carbonyl (C=O) groups is 1. The molecular formula is C24H21N7O2S. The molecule has 34 heavy (non-hydrogen) atoms. The van der Waals surface area contributed by atoms with Gasteiger partial charge in [-0.1, -0.05) is 60.3 Å². The number of fused-ring (bicyclic) bond motifs is 1. The molecule has 0 saturated heterocycles. The first kappa shape index (κ1) is 21.7. The molecule has 0 fully saturated rings. The van der Waals surface area contributed by atoms with Gasteiger partial charge >= 0.3 is 0 Å². The zero-order chi connectivity index (χ0) is 23.3. The number of ether oxygens (including phenoxy) is 1. The molecule has 0 aliphatic heterocycles. The average Bonchev–Trinajstić information content (AvgIpc) is 3.52. The lowest BCUT2D eigenvalue weighted by Crippen LogP contribution is -2.18. The lowest BCUT2D eigenvalue weighted by atomic mass is 10.1. The predicted molar refractivity (Wildman–Crippen MR) is 130 cm³/mol. The van der Waals surface area contributed by atoms with E-state index in [4.69, 9.17) is 4.74 Å². The van der Waals surface area contributed by atoms with E-state index < -0.39 is 0 Å². The number of tetrazole rings is 1. The molecule has 5 aromatic rings. The van der Waals surface area contributed by atoms with Gasteiger partial charge in [-0.25, -0.2) is 4.68 Å². The first-order valence-electron chi connectivity index (χ1n) is 10.5. The number of nitrogens with one attached hydrogen (secondary N) is 1. The van der Waals surface area contributed by atoms with Gasteiger partial charge in [0, 0.05) is 11.5 Å². The van der Waals surface area contributed by atoms with Crippen molar-refractivity contribution < 1.29 is 9.53 Å². The molecule has 2 aromatic heterocycles. The highest BCUT2D eigenvalue weighted by molar-refractivity contribution is 7.99. The van der Waals surface area contributed by atoms with Crippen LogP contribution in [0.15, 0.2) is 84.1 Å². The molecule has 0 spiro atoms. The second kappa shape index (κ2) is 9.75. The van der Waals surface area contributed by atoms with Crippen LogP contribution in [0.2, 0.25) is 0 Å². The number of hydrogen-bond acceptors (Lipinski definition) is 7. The van der Waals surface area contributed by atoms with Crippen LogP contribution in [0.4, 0.5) is 5.82 Å². The summed E-state index contributed by atoms with van der Waals surface area (Å²) in [6.45, 7) is 0.527. The minimum atomic E-state index is -0.172. The molecule has 0 bridgehead atoms.